The molecule has 2 amide bonds. The Labute approximate surface area is 156 Å². The fraction of sp³-hybridized carbons (Fsp3) is 0.650. The Morgan fingerprint density at radius 3 is 3.04 bits per heavy atom. The predicted molar refractivity (Wildman–Crippen MR) is 102 cm³/mol. The van der Waals surface area contributed by atoms with Crippen molar-refractivity contribution in [3.05, 3.63) is 23.8 Å². The first-order valence-corrected chi connectivity index (χ1v) is 9.77. The molecule has 1 saturated heterocycles. The number of hydrogen-bond acceptors (Lipinski definition) is 4. The van der Waals surface area contributed by atoms with Crippen LogP contribution in [0, 0.1) is 0 Å². The zero-order valence-corrected chi connectivity index (χ0v) is 16.0. The monoisotopic (exact) mass is 361 g/mol. The normalized spacial score (nSPS) is 21.2. The van der Waals surface area contributed by atoms with Gasteiger partial charge in [0.1, 0.15) is 0 Å². The van der Waals surface area contributed by atoms with Gasteiger partial charge in [-0.15, -0.1) is 0 Å². The average molecular weight is 361 g/mol. The number of rotatable bonds is 4. The van der Waals surface area contributed by atoms with Crippen molar-refractivity contribution in [3.63, 3.8) is 0 Å². The topological polar surface area (TPSA) is 54.0 Å². The molecule has 26 heavy (non-hydrogen) atoms. The molecule has 2 aliphatic rings. The number of para-hydroxylation sites is 1. The summed E-state index contributed by atoms with van der Waals surface area (Å²) in [5.41, 5.74) is 0.996. The Hall–Kier alpha value is -1.95. The van der Waals surface area contributed by atoms with Crippen molar-refractivity contribution in [1.82, 2.24) is 15.1 Å². The maximum atomic E-state index is 12.9. The molecule has 6 nitrogen and oxygen atoms in total. The van der Waals surface area contributed by atoms with E-state index in [1.165, 1.54) is 0 Å². The minimum atomic E-state index is 0.0315. The van der Waals surface area contributed by atoms with Gasteiger partial charge >= 0.3 is 6.03 Å². The van der Waals surface area contributed by atoms with Crippen molar-refractivity contribution < 1.29 is 14.3 Å². The number of piperidine rings is 1. The van der Waals surface area contributed by atoms with Crippen LogP contribution >= 0.6 is 0 Å². The summed E-state index contributed by atoms with van der Waals surface area (Å²) >= 11 is 0. The largest absolute Gasteiger partial charge is 0.493 e. The molecule has 0 spiro atoms. The first-order chi connectivity index (χ1) is 12.7. The Balaban J connectivity index is 1.65. The van der Waals surface area contributed by atoms with Crippen LogP contribution in [0.25, 0.3) is 0 Å². The molecular weight excluding hydrogens is 330 g/mol. The van der Waals surface area contributed by atoms with Crippen molar-refractivity contribution in [3.8, 4) is 11.5 Å². The van der Waals surface area contributed by atoms with Crippen molar-refractivity contribution in [2.24, 2.45) is 0 Å². The Morgan fingerprint density at radius 2 is 2.23 bits per heavy atom. The summed E-state index contributed by atoms with van der Waals surface area (Å²) in [7, 11) is 1.65. The lowest BCUT2D eigenvalue weighted by Gasteiger charge is -2.35. The zero-order valence-electron chi connectivity index (χ0n) is 16.0. The molecule has 2 heterocycles. The Bertz CT molecular complexity index is 606. The summed E-state index contributed by atoms with van der Waals surface area (Å²) in [6, 6.07) is 6.13. The van der Waals surface area contributed by atoms with Crippen LogP contribution in [0.4, 0.5) is 4.79 Å². The zero-order chi connectivity index (χ0) is 18.4. The lowest BCUT2D eigenvalue weighted by Crippen LogP contribution is -2.51. The number of nitrogens with one attached hydrogen (secondary N) is 1. The molecule has 144 valence electrons. The minimum Gasteiger partial charge on any atom is -0.493 e. The fourth-order valence-corrected chi connectivity index (χ4v) is 3.86. The molecule has 0 unspecified atom stereocenters. The standard InChI is InChI=1S/C20H31N3O3/c1-3-10-22-11-5-8-17(15-22)21-20(24)23-12-6-13-26-19-16(14-23)7-4-9-18(19)25-2/h4,7,9,17H,3,5-6,8,10-15H2,1-2H3,(H,21,24)/t17-/m0/s1. The molecular formula is C20H31N3O3. The molecule has 6 heteroatoms. The van der Waals surface area contributed by atoms with E-state index in [1.54, 1.807) is 7.11 Å². The van der Waals surface area contributed by atoms with E-state index in [4.69, 9.17) is 9.47 Å². The average Bonchev–Trinajstić information content (AvgIpc) is 2.62. The third-order valence-corrected chi connectivity index (χ3v) is 5.12. The van der Waals surface area contributed by atoms with Gasteiger partial charge in [0.15, 0.2) is 11.5 Å². The third-order valence-electron chi connectivity index (χ3n) is 5.12. The SMILES string of the molecule is CCCN1CCC[C@H](NC(=O)N2CCCOc3c(cccc3OC)C2)C1. The van der Waals surface area contributed by atoms with Crippen molar-refractivity contribution in [1.29, 1.82) is 0 Å². The Morgan fingerprint density at radius 1 is 1.35 bits per heavy atom. The van der Waals surface area contributed by atoms with Crippen LogP contribution in [0.1, 0.15) is 38.2 Å². The van der Waals surface area contributed by atoms with E-state index in [0.29, 0.717) is 19.7 Å². The second-order valence-corrected chi connectivity index (χ2v) is 7.16. The number of ether oxygens (including phenoxy) is 2. The minimum absolute atomic E-state index is 0.0315. The highest BCUT2D eigenvalue weighted by atomic mass is 16.5. The van der Waals surface area contributed by atoms with Gasteiger partial charge in [0.2, 0.25) is 0 Å². The fourth-order valence-electron chi connectivity index (χ4n) is 3.86. The highest BCUT2D eigenvalue weighted by molar-refractivity contribution is 5.74. The highest BCUT2D eigenvalue weighted by Crippen LogP contribution is 2.33. The van der Waals surface area contributed by atoms with Crippen LogP contribution in [0.2, 0.25) is 0 Å². The molecule has 3 rings (SSSR count). The third kappa shape index (κ3) is 4.61. The molecule has 1 aromatic carbocycles. The lowest BCUT2D eigenvalue weighted by molar-refractivity contribution is 0.158. The number of benzene rings is 1. The summed E-state index contributed by atoms with van der Waals surface area (Å²) in [4.78, 5) is 17.2. The van der Waals surface area contributed by atoms with Gasteiger partial charge in [-0.25, -0.2) is 4.79 Å². The quantitative estimate of drug-likeness (QED) is 0.896. The highest BCUT2D eigenvalue weighted by Gasteiger charge is 2.25. The molecule has 0 saturated carbocycles. The molecule has 0 aromatic heterocycles. The summed E-state index contributed by atoms with van der Waals surface area (Å²) in [5.74, 6) is 1.49. The number of amides is 2. The van der Waals surface area contributed by atoms with Crippen molar-refractivity contribution >= 4 is 6.03 Å². The summed E-state index contributed by atoms with van der Waals surface area (Å²) in [6.45, 7) is 7.26. The predicted octanol–water partition coefficient (Wildman–Crippen LogP) is 2.86. The van der Waals surface area contributed by atoms with E-state index >= 15 is 0 Å². The number of nitrogens with zero attached hydrogens (tertiary/aromatic N) is 2. The van der Waals surface area contributed by atoms with Gasteiger partial charge in [0.25, 0.3) is 0 Å². The maximum absolute atomic E-state index is 12.9. The number of carbonyl (C=O) groups excluding carboxylic acids is 1. The first-order valence-electron chi connectivity index (χ1n) is 9.77. The van der Waals surface area contributed by atoms with Crippen LogP contribution < -0.4 is 14.8 Å². The molecule has 2 aliphatic heterocycles. The molecule has 0 aliphatic carbocycles. The molecule has 0 bridgehead atoms. The number of carbonyl (C=O) groups is 1. The van der Waals surface area contributed by atoms with Crippen LogP contribution in [-0.4, -0.2) is 61.8 Å². The summed E-state index contributed by atoms with van der Waals surface area (Å²) in [6.07, 6.45) is 4.19. The van der Waals surface area contributed by atoms with Gasteiger partial charge in [-0.2, -0.15) is 0 Å². The molecule has 1 fully saturated rings. The van der Waals surface area contributed by atoms with E-state index in [-0.39, 0.29) is 12.1 Å². The summed E-state index contributed by atoms with van der Waals surface area (Å²) < 4.78 is 11.3. The van der Waals surface area contributed by atoms with Crippen LogP contribution in [-0.2, 0) is 6.54 Å². The maximum Gasteiger partial charge on any atom is 0.317 e. The van der Waals surface area contributed by atoms with Gasteiger partial charge in [-0.1, -0.05) is 19.1 Å². The van der Waals surface area contributed by atoms with Gasteiger partial charge < -0.3 is 24.6 Å². The number of methoxy groups -OCH3 is 1. The van der Waals surface area contributed by atoms with E-state index in [1.807, 2.05) is 23.1 Å². The van der Waals surface area contributed by atoms with Crippen molar-refractivity contribution in [2.45, 2.75) is 45.2 Å². The first kappa shape index (κ1) is 18.8. The van der Waals surface area contributed by atoms with E-state index < -0.39 is 0 Å². The smallest absolute Gasteiger partial charge is 0.317 e. The van der Waals surface area contributed by atoms with Gasteiger partial charge in [0.05, 0.1) is 20.3 Å². The van der Waals surface area contributed by atoms with E-state index in [0.717, 1.165) is 62.4 Å². The number of fused-ring (bicyclic) bond motifs is 1. The van der Waals surface area contributed by atoms with E-state index in [9.17, 15) is 4.79 Å². The molecule has 1 N–H and O–H groups in total. The van der Waals surface area contributed by atoms with Gasteiger partial charge in [-0.3, -0.25) is 0 Å². The second kappa shape index (κ2) is 9.12. The van der Waals surface area contributed by atoms with Gasteiger partial charge in [-0.05, 0) is 44.8 Å². The molecule has 1 aromatic rings. The number of urea groups is 1. The van der Waals surface area contributed by atoms with Gasteiger partial charge in [0, 0.05) is 24.7 Å². The van der Waals surface area contributed by atoms with E-state index in [2.05, 4.69) is 17.1 Å². The van der Waals surface area contributed by atoms with Crippen LogP contribution in [0.5, 0.6) is 11.5 Å². The van der Waals surface area contributed by atoms with Crippen LogP contribution in [0.15, 0.2) is 18.2 Å². The Kier molecular flexibility index (Phi) is 6.61. The summed E-state index contributed by atoms with van der Waals surface area (Å²) in [5, 5.41) is 3.26. The lowest BCUT2D eigenvalue weighted by atomic mass is 10.1. The number of likely N-dealkylation sites (tertiary alicyclic amines) is 1. The number of hydrogen-bond donors (Lipinski definition) is 1. The van der Waals surface area contributed by atoms with Crippen LogP contribution in [0.3, 0.4) is 0 Å². The molecule has 0 radical (unpaired) electrons. The second-order valence-electron chi connectivity index (χ2n) is 7.16. The molecule has 1 atom stereocenters. The van der Waals surface area contributed by atoms with Crippen molar-refractivity contribution in [2.75, 3.05) is 39.9 Å².